The minimum absolute atomic E-state index is 0.887. The van der Waals surface area contributed by atoms with Crippen molar-refractivity contribution in [3.05, 3.63) is 41.0 Å². The highest BCUT2D eigenvalue weighted by molar-refractivity contribution is 5.84. The Bertz CT molecular complexity index is 492. The van der Waals surface area contributed by atoms with Gasteiger partial charge in [-0.15, -0.1) is 6.42 Å². The molecule has 2 aliphatic rings. The maximum Gasteiger partial charge on any atom is 0.0385 e. The Kier molecular flexibility index (Phi) is 2.13. The maximum absolute atomic E-state index is 5.99. The molecular weight excluding hydrogens is 182 g/mol. The Morgan fingerprint density at radius 2 is 1.47 bits per heavy atom. The number of hydrogen-bond acceptors (Lipinski definition) is 1. The van der Waals surface area contributed by atoms with Gasteiger partial charge in [-0.25, -0.2) is 0 Å². The molecule has 1 nitrogen and oxygen atoms in total. The van der Waals surface area contributed by atoms with E-state index in [1.807, 2.05) is 38.1 Å². The van der Waals surface area contributed by atoms with E-state index >= 15 is 0 Å². The van der Waals surface area contributed by atoms with E-state index in [2.05, 4.69) is 5.92 Å². The summed E-state index contributed by atoms with van der Waals surface area (Å²) in [6.45, 7) is 4.08. The first-order valence-electron chi connectivity index (χ1n) is 4.90. The van der Waals surface area contributed by atoms with E-state index in [0.717, 1.165) is 22.4 Å². The summed E-state index contributed by atoms with van der Waals surface area (Å²) < 4.78 is 0. The van der Waals surface area contributed by atoms with Gasteiger partial charge in [0.2, 0.25) is 0 Å². The average molecular weight is 195 g/mol. The van der Waals surface area contributed by atoms with Crippen LogP contribution in [0.15, 0.2) is 24.3 Å². The number of nitrogens with two attached hydrogens (primary N) is 1. The normalized spacial score (nSPS) is 10.2. The molecule has 0 aromatic heterocycles. The fourth-order valence-electron chi connectivity index (χ4n) is 1.90. The minimum Gasteiger partial charge on any atom is -0.398 e. The summed E-state index contributed by atoms with van der Waals surface area (Å²) in [5.41, 5.74) is 12.4. The van der Waals surface area contributed by atoms with Crippen LogP contribution >= 0.6 is 0 Å². The molecule has 0 spiro atoms. The molecule has 74 valence electrons. The van der Waals surface area contributed by atoms with Crippen LogP contribution in [0.3, 0.4) is 0 Å². The lowest BCUT2D eigenvalue weighted by molar-refractivity contribution is 1.50. The molecule has 0 atom stereocenters. The van der Waals surface area contributed by atoms with E-state index < -0.39 is 0 Å². The Labute approximate surface area is 90.3 Å². The summed E-state index contributed by atoms with van der Waals surface area (Å²) >= 11 is 0. The summed E-state index contributed by atoms with van der Waals surface area (Å²) in [4.78, 5) is 0. The standard InChI is InChI=1S/C14H13N/c1-4-11-5-7-12-9(2)14(15)10(3)13(12)8-6-11/h1,5-8H,15H2,2-3H3. The van der Waals surface area contributed by atoms with Crippen molar-refractivity contribution < 1.29 is 0 Å². The number of anilines is 1. The topological polar surface area (TPSA) is 26.0 Å². The lowest BCUT2D eigenvalue weighted by Crippen LogP contribution is -1.85. The quantitative estimate of drug-likeness (QED) is 0.642. The van der Waals surface area contributed by atoms with E-state index in [0.29, 0.717) is 0 Å². The lowest BCUT2D eigenvalue weighted by Gasteiger charge is -1.93. The van der Waals surface area contributed by atoms with Gasteiger partial charge in [0, 0.05) is 11.3 Å². The number of terminal acetylenes is 1. The molecule has 0 bridgehead atoms. The second kappa shape index (κ2) is 3.33. The predicted molar refractivity (Wildman–Crippen MR) is 64.9 cm³/mol. The molecule has 0 aromatic rings. The predicted octanol–water partition coefficient (Wildman–Crippen LogP) is 2.97. The van der Waals surface area contributed by atoms with Crippen LogP contribution in [0.5, 0.6) is 0 Å². The molecule has 0 saturated heterocycles. The van der Waals surface area contributed by atoms with Gasteiger partial charge in [-0.2, -0.15) is 0 Å². The van der Waals surface area contributed by atoms with Gasteiger partial charge < -0.3 is 5.73 Å². The summed E-state index contributed by atoms with van der Waals surface area (Å²) in [7, 11) is 0. The monoisotopic (exact) mass is 195 g/mol. The minimum atomic E-state index is 0.887. The molecule has 0 heterocycles. The fourth-order valence-corrected chi connectivity index (χ4v) is 1.90. The van der Waals surface area contributed by atoms with Crippen LogP contribution < -0.4 is 5.73 Å². The Balaban J connectivity index is 2.81. The third-order valence-corrected chi connectivity index (χ3v) is 2.93. The Morgan fingerprint density at radius 3 is 1.87 bits per heavy atom. The van der Waals surface area contributed by atoms with Crippen LogP contribution in [-0.4, -0.2) is 0 Å². The molecule has 1 heteroatoms. The number of rotatable bonds is 0. The molecule has 0 saturated carbocycles. The second-order valence-electron chi connectivity index (χ2n) is 3.76. The highest BCUT2D eigenvalue weighted by Crippen LogP contribution is 2.36. The van der Waals surface area contributed by atoms with Crippen molar-refractivity contribution >= 4 is 5.69 Å². The van der Waals surface area contributed by atoms with Crippen LogP contribution in [0, 0.1) is 26.2 Å². The fraction of sp³-hybridized carbons (Fsp3) is 0.143. The van der Waals surface area contributed by atoms with Gasteiger partial charge >= 0.3 is 0 Å². The zero-order chi connectivity index (χ0) is 11.0. The van der Waals surface area contributed by atoms with Gasteiger partial charge in [-0.05, 0) is 48.2 Å². The number of nitrogen functional groups attached to an aromatic ring is 1. The zero-order valence-electron chi connectivity index (χ0n) is 8.96. The summed E-state index contributed by atoms with van der Waals surface area (Å²) in [5.74, 6) is 2.63. The molecule has 2 aliphatic carbocycles. The average Bonchev–Trinajstić information content (AvgIpc) is 2.47. The van der Waals surface area contributed by atoms with E-state index in [9.17, 15) is 0 Å². The van der Waals surface area contributed by atoms with Crippen LogP contribution in [0.25, 0.3) is 11.1 Å². The first kappa shape index (κ1) is 9.61. The van der Waals surface area contributed by atoms with Gasteiger partial charge in [0.25, 0.3) is 0 Å². The molecule has 15 heavy (non-hydrogen) atoms. The van der Waals surface area contributed by atoms with Crippen molar-refractivity contribution in [3.63, 3.8) is 0 Å². The Hall–Kier alpha value is -1.94. The molecule has 0 radical (unpaired) electrons. The van der Waals surface area contributed by atoms with E-state index in [4.69, 9.17) is 12.2 Å². The zero-order valence-corrected chi connectivity index (χ0v) is 8.96. The van der Waals surface area contributed by atoms with Gasteiger partial charge in [0.1, 0.15) is 0 Å². The van der Waals surface area contributed by atoms with Gasteiger partial charge in [-0.3, -0.25) is 0 Å². The molecule has 0 amide bonds. The van der Waals surface area contributed by atoms with Crippen LogP contribution in [0.1, 0.15) is 16.7 Å². The van der Waals surface area contributed by atoms with Crippen molar-refractivity contribution in [3.8, 4) is 23.5 Å². The SMILES string of the molecule is C#Cc1ccc2c(C)c(N)c(C)c-2cc1. The van der Waals surface area contributed by atoms with Crippen LogP contribution in [-0.2, 0) is 0 Å². The van der Waals surface area contributed by atoms with Crippen molar-refractivity contribution in [1.82, 2.24) is 0 Å². The number of hydrogen-bond donors (Lipinski definition) is 1. The molecule has 0 unspecified atom stereocenters. The highest BCUT2D eigenvalue weighted by Gasteiger charge is 2.13. The smallest absolute Gasteiger partial charge is 0.0385 e. The van der Waals surface area contributed by atoms with E-state index in [-0.39, 0.29) is 0 Å². The molecule has 0 aromatic carbocycles. The third-order valence-electron chi connectivity index (χ3n) is 2.93. The first-order chi connectivity index (χ1) is 7.15. The first-order valence-corrected chi connectivity index (χ1v) is 4.90. The maximum atomic E-state index is 5.99. The second-order valence-corrected chi connectivity index (χ2v) is 3.76. The summed E-state index contributed by atoms with van der Waals surface area (Å²) in [6.07, 6.45) is 5.37. The van der Waals surface area contributed by atoms with Crippen molar-refractivity contribution in [1.29, 1.82) is 0 Å². The van der Waals surface area contributed by atoms with E-state index in [1.54, 1.807) is 0 Å². The van der Waals surface area contributed by atoms with Crippen LogP contribution in [0.4, 0.5) is 5.69 Å². The largest absolute Gasteiger partial charge is 0.398 e. The van der Waals surface area contributed by atoms with E-state index in [1.165, 1.54) is 11.1 Å². The van der Waals surface area contributed by atoms with Gasteiger partial charge in [0.05, 0.1) is 0 Å². The molecular formula is C14H13N. The molecule has 0 fully saturated rings. The lowest BCUT2D eigenvalue weighted by atomic mass is 10.1. The summed E-state index contributed by atoms with van der Waals surface area (Å²) in [6, 6.07) is 7.99. The molecule has 2 N–H and O–H groups in total. The van der Waals surface area contributed by atoms with Crippen molar-refractivity contribution in [2.45, 2.75) is 13.8 Å². The Morgan fingerprint density at radius 1 is 1.00 bits per heavy atom. The third kappa shape index (κ3) is 1.35. The van der Waals surface area contributed by atoms with Gasteiger partial charge in [-0.1, -0.05) is 18.1 Å². The molecule has 0 aliphatic heterocycles. The number of fused-ring (bicyclic) bond motifs is 1. The molecule has 2 rings (SSSR count). The summed E-state index contributed by atoms with van der Waals surface area (Å²) in [5, 5.41) is 0. The van der Waals surface area contributed by atoms with Crippen LogP contribution in [0.2, 0.25) is 0 Å². The van der Waals surface area contributed by atoms with Crippen molar-refractivity contribution in [2.75, 3.05) is 5.73 Å². The van der Waals surface area contributed by atoms with Crippen molar-refractivity contribution in [2.24, 2.45) is 0 Å². The van der Waals surface area contributed by atoms with Gasteiger partial charge in [0.15, 0.2) is 0 Å². The highest BCUT2D eigenvalue weighted by atomic mass is 14.6.